The van der Waals surface area contributed by atoms with Gasteiger partial charge in [-0.1, -0.05) is 18.2 Å². The molecule has 0 radical (unpaired) electrons. The third-order valence-electron chi connectivity index (χ3n) is 4.39. The van der Waals surface area contributed by atoms with Crippen LogP contribution in [0.4, 0.5) is 4.79 Å². The second kappa shape index (κ2) is 5.99. The van der Waals surface area contributed by atoms with E-state index in [0.717, 1.165) is 11.3 Å². The van der Waals surface area contributed by atoms with Crippen molar-refractivity contribution in [1.82, 2.24) is 14.9 Å². The standard InChI is InChI=1S/C17H17N3O4/c1-22-17(21)20-10-15(24-16-18-7-4-8-19-16)14-9-12(20)11-5-2-3-6-13(11)23-14/h2-8,12,14-15H,9-10H2,1H3/t12-,14-,15+/m1/s1. The van der Waals surface area contributed by atoms with Crippen LogP contribution >= 0.6 is 0 Å². The van der Waals surface area contributed by atoms with E-state index in [1.54, 1.807) is 23.4 Å². The lowest BCUT2D eigenvalue weighted by Crippen LogP contribution is -2.56. The van der Waals surface area contributed by atoms with Crippen molar-refractivity contribution in [2.45, 2.75) is 24.7 Å². The number of nitrogens with zero attached hydrogens (tertiary/aromatic N) is 3. The molecule has 0 unspecified atom stereocenters. The van der Waals surface area contributed by atoms with Crippen LogP contribution in [-0.4, -0.2) is 46.8 Å². The summed E-state index contributed by atoms with van der Waals surface area (Å²) in [5.41, 5.74) is 0.994. The van der Waals surface area contributed by atoms with E-state index < -0.39 is 0 Å². The van der Waals surface area contributed by atoms with Gasteiger partial charge in [-0.15, -0.1) is 0 Å². The molecular weight excluding hydrogens is 310 g/mol. The zero-order valence-corrected chi connectivity index (χ0v) is 13.2. The molecule has 24 heavy (non-hydrogen) atoms. The van der Waals surface area contributed by atoms with Crippen molar-refractivity contribution in [3.8, 4) is 11.8 Å². The first-order chi connectivity index (χ1) is 11.8. The fraction of sp³-hybridized carbons (Fsp3) is 0.353. The number of ether oxygens (including phenoxy) is 3. The average molecular weight is 327 g/mol. The van der Waals surface area contributed by atoms with E-state index in [9.17, 15) is 4.79 Å². The number of rotatable bonds is 2. The van der Waals surface area contributed by atoms with E-state index in [2.05, 4.69) is 9.97 Å². The number of fused-ring (bicyclic) bond motifs is 4. The predicted octanol–water partition coefficient (Wildman–Crippen LogP) is 2.20. The highest BCUT2D eigenvalue weighted by Crippen LogP contribution is 2.43. The lowest BCUT2D eigenvalue weighted by Gasteiger charge is -2.46. The molecule has 1 fully saturated rings. The molecule has 4 rings (SSSR count). The third-order valence-corrected chi connectivity index (χ3v) is 4.39. The van der Waals surface area contributed by atoms with Crippen LogP contribution in [0.25, 0.3) is 0 Å². The van der Waals surface area contributed by atoms with Crippen molar-refractivity contribution in [2.75, 3.05) is 13.7 Å². The maximum absolute atomic E-state index is 12.3. The minimum Gasteiger partial charge on any atom is -0.486 e. The van der Waals surface area contributed by atoms with Crippen molar-refractivity contribution < 1.29 is 19.0 Å². The number of piperidine rings is 1. The Bertz CT molecular complexity index is 740. The molecule has 1 amide bonds. The van der Waals surface area contributed by atoms with E-state index in [0.29, 0.717) is 13.0 Å². The van der Waals surface area contributed by atoms with Crippen LogP contribution in [0.2, 0.25) is 0 Å². The molecule has 7 nitrogen and oxygen atoms in total. The molecule has 3 atom stereocenters. The number of hydrogen-bond donors (Lipinski definition) is 0. The number of para-hydroxylation sites is 1. The number of likely N-dealkylation sites (tertiary alicyclic amines) is 1. The van der Waals surface area contributed by atoms with Crippen LogP contribution in [0.3, 0.4) is 0 Å². The van der Waals surface area contributed by atoms with Gasteiger partial charge < -0.3 is 14.2 Å². The summed E-state index contributed by atoms with van der Waals surface area (Å²) in [6.45, 7) is 0.356. The smallest absolute Gasteiger partial charge is 0.410 e. The second-order valence-electron chi connectivity index (χ2n) is 5.76. The van der Waals surface area contributed by atoms with Crippen LogP contribution in [0.15, 0.2) is 42.7 Å². The molecule has 3 heterocycles. The largest absolute Gasteiger partial charge is 0.486 e. The minimum atomic E-state index is -0.377. The van der Waals surface area contributed by atoms with Gasteiger partial charge in [-0.05, 0) is 12.1 Å². The Morgan fingerprint density at radius 2 is 2.04 bits per heavy atom. The zero-order chi connectivity index (χ0) is 16.5. The number of carbonyl (C=O) groups is 1. The Morgan fingerprint density at radius 1 is 1.25 bits per heavy atom. The molecule has 2 aliphatic rings. The van der Waals surface area contributed by atoms with Gasteiger partial charge in [-0.2, -0.15) is 0 Å². The van der Waals surface area contributed by atoms with Crippen LogP contribution in [0.1, 0.15) is 18.0 Å². The van der Waals surface area contributed by atoms with Crippen molar-refractivity contribution in [2.24, 2.45) is 0 Å². The molecular formula is C17H17N3O4. The summed E-state index contributed by atoms with van der Waals surface area (Å²) < 4.78 is 16.9. The molecule has 0 N–H and O–H groups in total. The van der Waals surface area contributed by atoms with Gasteiger partial charge >= 0.3 is 12.1 Å². The van der Waals surface area contributed by atoms with Crippen LogP contribution in [0, 0.1) is 0 Å². The quantitative estimate of drug-likeness (QED) is 0.842. The highest BCUT2D eigenvalue weighted by atomic mass is 16.6. The normalized spacial score (nSPS) is 24.5. The van der Waals surface area contributed by atoms with E-state index in [4.69, 9.17) is 14.2 Å². The fourth-order valence-electron chi connectivity index (χ4n) is 3.30. The summed E-state index contributed by atoms with van der Waals surface area (Å²) in [6.07, 6.45) is 2.96. The predicted molar refractivity (Wildman–Crippen MR) is 83.8 cm³/mol. The molecule has 2 bridgehead atoms. The highest BCUT2D eigenvalue weighted by Gasteiger charge is 2.45. The Morgan fingerprint density at radius 3 is 2.83 bits per heavy atom. The summed E-state index contributed by atoms with van der Waals surface area (Å²) in [4.78, 5) is 22.1. The Kier molecular flexibility index (Phi) is 3.68. The molecule has 0 spiro atoms. The van der Waals surface area contributed by atoms with E-state index in [1.165, 1.54) is 7.11 Å². The minimum absolute atomic E-state index is 0.0797. The first-order valence-electron chi connectivity index (χ1n) is 7.80. The molecule has 1 aromatic heterocycles. The van der Waals surface area contributed by atoms with Crippen LogP contribution in [0.5, 0.6) is 11.8 Å². The summed E-state index contributed by atoms with van der Waals surface area (Å²) in [7, 11) is 1.38. The first-order valence-corrected chi connectivity index (χ1v) is 7.80. The van der Waals surface area contributed by atoms with Gasteiger partial charge in [0.15, 0.2) is 6.10 Å². The topological polar surface area (TPSA) is 73.8 Å². The van der Waals surface area contributed by atoms with E-state index >= 15 is 0 Å². The lowest BCUT2D eigenvalue weighted by molar-refractivity contribution is -0.0498. The molecule has 2 aliphatic heterocycles. The first kappa shape index (κ1) is 14.7. The SMILES string of the molecule is COC(=O)N1C[C@H](Oc2ncccn2)[C@H]2C[C@@H]1c1ccccc1O2. The summed E-state index contributed by atoms with van der Waals surface area (Å²) in [5.74, 6) is 0.773. The molecule has 0 saturated carbocycles. The number of amides is 1. The summed E-state index contributed by atoms with van der Waals surface area (Å²) >= 11 is 0. The number of methoxy groups -OCH3 is 1. The van der Waals surface area contributed by atoms with Crippen molar-refractivity contribution in [1.29, 1.82) is 0 Å². The monoisotopic (exact) mass is 327 g/mol. The maximum atomic E-state index is 12.3. The van der Waals surface area contributed by atoms with Crippen LogP contribution in [-0.2, 0) is 4.74 Å². The van der Waals surface area contributed by atoms with Gasteiger partial charge in [0.25, 0.3) is 0 Å². The highest BCUT2D eigenvalue weighted by molar-refractivity contribution is 5.69. The number of benzene rings is 1. The fourth-order valence-corrected chi connectivity index (χ4v) is 3.30. The van der Waals surface area contributed by atoms with Crippen molar-refractivity contribution in [3.05, 3.63) is 48.3 Å². The summed E-state index contributed by atoms with van der Waals surface area (Å²) in [6, 6.07) is 9.66. The maximum Gasteiger partial charge on any atom is 0.410 e. The van der Waals surface area contributed by atoms with Gasteiger partial charge in [0.2, 0.25) is 0 Å². The van der Waals surface area contributed by atoms with Gasteiger partial charge in [-0.3, -0.25) is 4.90 Å². The zero-order valence-electron chi connectivity index (χ0n) is 13.2. The molecule has 124 valence electrons. The molecule has 0 aliphatic carbocycles. The lowest BCUT2D eigenvalue weighted by atomic mass is 9.88. The molecule has 7 heteroatoms. The number of carbonyl (C=O) groups excluding carboxylic acids is 1. The number of hydrogen-bond acceptors (Lipinski definition) is 6. The molecule has 1 saturated heterocycles. The second-order valence-corrected chi connectivity index (χ2v) is 5.76. The van der Waals surface area contributed by atoms with Crippen LogP contribution < -0.4 is 9.47 Å². The van der Waals surface area contributed by atoms with Crippen molar-refractivity contribution in [3.63, 3.8) is 0 Å². The van der Waals surface area contributed by atoms with Gasteiger partial charge in [0, 0.05) is 24.4 Å². The Balaban J connectivity index is 1.66. The molecule has 2 aromatic rings. The number of aromatic nitrogens is 2. The van der Waals surface area contributed by atoms with Gasteiger partial charge in [-0.25, -0.2) is 14.8 Å². The third kappa shape index (κ3) is 2.51. The van der Waals surface area contributed by atoms with Gasteiger partial charge in [0.05, 0.1) is 19.7 Å². The Hall–Kier alpha value is -2.83. The molecule has 1 aromatic carbocycles. The van der Waals surface area contributed by atoms with Crippen molar-refractivity contribution >= 4 is 6.09 Å². The Labute approximate surface area is 139 Å². The average Bonchev–Trinajstić information content (AvgIpc) is 2.64. The van der Waals surface area contributed by atoms with E-state index in [1.807, 2.05) is 24.3 Å². The van der Waals surface area contributed by atoms with E-state index in [-0.39, 0.29) is 30.4 Å². The summed E-state index contributed by atoms with van der Waals surface area (Å²) in [5, 5.41) is 0. The van der Waals surface area contributed by atoms with Gasteiger partial charge in [0.1, 0.15) is 11.9 Å².